The normalized spacial score (nSPS) is 10.9. The molecule has 0 aliphatic rings. The Bertz CT molecular complexity index is 722. The third kappa shape index (κ3) is 2.82. The average molecular weight is 333 g/mol. The van der Waals surface area contributed by atoms with Crippen LogP contribution in [0.3, 0.4) is 0 Å². The van der Waals surface area contributed by atoms with Crippen LogP contribution in [0.2, 0.25) is 0 Å². The highest BCUT2D eigenvalue weighted by atomic mass is 79.9. The predicted octanol–water partition coefficient (Wildman–Crippen LogP) is 3.78. The Labute approximate surface area is 124 Å². The highest BCUT2D eigenvalue weighted by molar-refractivity contribution is 9.10. The van der Waals surface area contributed by atoms with E-state index in [9.17, 15) is 0 Å². The summed E-state index contributed by atoms with van der Waals surface area (Å²) in [4.78, 5) is 8.59. The average Bonchev–Trinajstić information content (AvgIpc) is 2.87. The van der Waals surface area contributed by atoms with Crippen molar-refractivity contribution in [3.05, 3.63) is 52.5 Å². The number of halogens is 1. The zero-order chi connectivity index (χ0) is 13.9. The van der Waals surface area contributed by atoms with Crippen molar-refractivity contribution in [2.75, 3.05) is 7.11 Å². The fraction of sp³-hybridized carbons (Fsp3) is 0.200. The molecule has 0 saturated carbocycles. The molecular formula is C15H13BrN2O2. The van der Waals surface area contributed by atoms with Crippen molar-refractivity contribution in [3.8, 4) is 5.75 Å². The largest absolute Gasteiger partial charge is 0.497 e. The number of nitrogens with zero attached hydrogens (tertiary/aromatic N) is 2. The lowest BCUT2D eigenvalue weighted by Crippen LogP contribution is -1.92. The monoisotopic (exact) mass is 332 g/mol. The maximum absolute atomic E-state index is 5.69. The van der Waals surface area contributed by atoms with Gasteiger partial charge in [0.15, 0.2) is 17.1 Å². The highest BCUT2D eigenvalue weighted by Crippen LogP contribution is 2.19. The SMILES string of the molecule is COc1ccc(CCc2nc3ncc(Br)cc3o2)cc1. The van der Waals surface area contributed by atoms with Crippen LogP contribution in [0.1, 0.15) is 11.5 Å². The maximum atomic E-state index is 5.69. The van der Waals surface area contributed by atoms with Crippen molar-refractivity contribution < 1.29 is 9.15 Å². The molecule has 0 bridgehead atoms. The summed E-state index contributed by atoms with van der Waals surface area (Å²) >= 11 is 3.37. The second-order valence-electron chi connectivity index (χ2n) is 4.43. The van der Waals surface area contributed by atoms with E-state index in [1.165, 1.54) is 5.56 Å². The summed E-state index contributed by atoms with van der Waals surface area (Å²) in [5.41, 5.74) is 2.59. The molecule has 4 nitrogen and oxygen atoms in total. The minimum absolute atomic E-state index is 0.651. The molecule has 0 saturated heterocycles. The number of aryl methyl sites for hydroxylation is 2. The second-order valence-corrected chi connectivity index (χ2v) is 5.35. The molecule has 0 atom stereocenters. The Morgan fingerprint density at radius 3 is 2.75 bits per heavy atom. The van der Waals surface area contributed by atoms with Gasteiger partial charge in [-0.15, -0.1) is 0 Å². The van der Waals surface area contributed by atoms with Gasteiger partial charge >= 0.3 is 0 Å². The number of hydrogen-bond acceptors (Lipinski definition) is 4. The van der Waals surface area contributed by atoms with E-state index in [-0.39, 0.29) is 0 Å². The molecule has 20 heavy (non-hydrogen) atoms. The van der Waals surface area contributed by atoms with Gasteiger partial charge in [-0.3, -0.25) is 0 Å². The smallest absolute Gasteiger partial charge is 0.198 e. The van der Waals surface area contributed by atoms with Crippen molar-refractivity contribution in [2.45, 2.75) is 12.8 Å². The maximum Gasteiger partial charge on any atom is 0.198 e. The summed E-state index contributed by atoms with van der Waals surface area (Å²) in [6, 6.07) is 9.90. The van der Waals surface area contributed by atoms with Crippen LogP contribution in [0.5, 0.6) is 5.75 Å². The Morgan fingerprint density at radius 2 is 2.00 bits per heavy atom. The van der Waals surface area contributed by atoms with Crippen LogP contribution in [-0.2, 0) is 12.8 Å². The van der Waals surface area contributed by atoms with Crippen molar-refractivity contribution >= 4 is 27.2 Å². The summed E-state index contributed by atoms with van der Waals surface area (Å²) in [6.45, 7) is 0. The molecule has 5 heteroatoms. The molecule has 1 aromatic carbocycles. The first kappa shape index (κ1) is 13.1. The summed E-state index contributed by atoms with van der Waals surface area (Å²) in [5, 5.41) is 0. The van der Waals surface area contributed by atoms with Gasteiger partial charge < -0.3 is 9.15 Å². The second kappa shape index (κ2) is 5.63. The summed E-state index contributed by atoms with van der Waals surface area (Å²) in [5.74, 6) is 1.58. The van der Waals surface area contributed by atoms with Gasteiger partial charge in [-0.25, -0.2) is 4.98 Å². The first-order valence-electron chi connectivity index (χ1n) is 6.28. The lowest BCUT2D eigenvalue weighted by molar-refractivity contribution is 0.414. The van der Waals surface area contributed by atoms with E-state index in [1.807, 2.05) is 18.2 Å². The van der Waals surface area contributed by atoms with Crippen molar-refractivity contribution in [1.29, 1.82) is 0 Å². The van der Waals surface area contributed by atoms with Crippen molar-refractivity contribution in [3.63, 3.8) is 0 Å². The number of aromatic nitrogens is 2. The molecule has 3 aromatic rings. The number of methoxy groups -OCH3 is 1. The lowest BCUT2D eigenvalue weighted by atomic mass is 10.1. The molecule has 0 unspecified atom stereocenters. The van der Waals surface area contributed by atoms with Crippen molar-refractivity contribution in [1.82, 2.24) is 9.97 Å². The minimum Gasteiger partial charge on any atom is -0.497 e. The van der Waals surface area contributed by atoms with E-state index in [1.54, 1.807) is 13.3 Å². The molecule has 0 radical (unpaired) electrons. The number of oxazole rings is 1. The van der Waals surface area contributed by atoms with Crippen LogP contribution >= 0.6 is 15.9 Å². The quantitative estimate of drug-likeness (QED) is 0.729. The van der Waals surface area contributed by atoms with Gasteiger partial charge in [-0.05, 0) is 40.0 Å². The molecule has 0 aliphatic heterocycles. The summed E-state index contributed by atoms with van der Waals surface area (Å²) in [7, 11) is 1.67. The Balaban J connectivity index is 1.72. The summed E-state index contributed by atoms with van der Waals surface area (Å²) in [6.07, 6.45) is 3.34. The van der Waals surface area contributed by atoms with E-state index < -0.39 is 0 Å². The lowest BCUT2D eigenvalue weighted by Gasteiger charge is -2.01. The van der Waals surface area contributed by atoms with Crippen LogP contribution < -0.4 is 4.74 Å². The number of fused-ring (bicyclic) bond motifs is 1. The first-order chi connectivity index (χ1) is 9.74. The van der Waals surface area contributed by atoms with E-state index in [2.05, 4.69) is 38.0 Å². The van der Waals surface area contributed by atoms with E-state index in [0.717, 1.165) is 23.1 Å². The van der Waals surface area contributed by atoms with E-state index in [4.69, 9.17) is 9.15 Å². The first-order valence-corrected chi connectivity index (χ1v) is 7.08. The minimum atomic E-state index is 0.651. The standard InChI is InChI=1S/C15H13BrN2O2/c1-19-12-5-2-10(3-6-12)4-7-14-18-15-13(20-14)8-11(16)9-17-15/h2-3,5-6,8-9H,4,7H2,1H3. The molecule has 0 N–H and O–H groups in total. The van der Waals surface area contributed by atoms with Gasteiger partial charge in [-0.2, -0.15) is 4.98 Å². The molecule has 0 fully saturated rings. The molecular weight excluding hydrogens is 320 g/mol. The van der Waals surface area contributed by atoms with E-state index >= 15 is 0 Å². The number of benzene rings is 1. The molecule has 3 rings (SSSR count). The number of rotatable bonds is 4. The molecule has 0 spiro atoms. The Hall–Kier alpha value is -1.88. The fourth-order valence-electron chi connectivity index (χ4n) is 1.99. The molecule has 102 valence electrons. The topological polar surface area (TPSA) is 48.2 Å². The van der Waals surface area contributed by atoms with Crippen LogP contribution in [-0.4, -0.2) is 17.1 Å². The van der Waals surface area contributed by atoms with Crippen LogP contribution in [0, 0.1) is 0 Å². The highest BCUT2D eigenvalue weighted by Gasteiger charge is 2.07. The molecule has 2 aromatic heterocycles. The van der Waals surface area contributed by atoms with Gasteiger partial charge in [0.25, 0.3) is 0 Å². The zero-order valence-electron chi connectivity index (χ0n) is 11.0. The van der Waals surface area contributed by atoms with Gasteiger partial charge in [0.2, 0.25) is 0 Å². The fourth-order valence-corrected chi connectivity index (χ4v) is 2.30. The number of pyridine rings is 1. The van der Waals surface area contributed by atoms with Crippen LogP contribution in [0.15, 0.2) is 45.4 Å². The predicted molar refractivity (Wildman–Crippen MR) is 79.9 cm³/mol. The molecule has 2 heterocycles. The zero-order valence-corrected chi connectivity index (χ0v) is 12.6. The van der Waals surface area contributed by atoms with Gasteiger partial charge in [0.1, 0.15) is 5.75 Å². The van der Waals surface area contributed by atoms with Crippen LogP contribution in [0.4, 0.5) is 0 Å². The van der Waals surface area contributed by atoms with Gasteiger partial charge in [0.05, 0.1) is 7.11 Å². The third-order valence-electron chi connectivity index (χ3n) is 3.04. The number of ether oxygens (including phenoxy) is 1. The van der Waals surface area contributed by atoms with Crippen molar-refractivity contribution in [2.24, 2.45) is 0 Å². The van der Waals surface area contributed by atoms with Gasteiger partial charge in [-0.1, -0.05) is 12.1 Å². The summed E-state index contributed by atoms with van der Waals surface area (Å²) < 4.78 is 11.7. The Morgan fingerprint density at radius 1 is 1.20 bits per heavy atom. The van der Waals surface area contributed by atoms with Gasteiger partial charge in [0, 0.05) is 23.2 Å². The van der Waals surface area contributed by atoms with Crippen LogP contribution in [0.25, 0.3) is 11.2 Å². The molecule has 0 aliphatic carbocycles. The molecule has 0 amide bonds. The third-order valence-corrected chi connectivity index (χ3v) is 3.48. The van der Waals surface area contributed by atoms with E-state index in [0.29, 0.717) is 17.1 Å². The Kier molecular flexibility index (Phi) is 3.69. The number of hydrogen-bond donors (Lipinski definition) is 0.